The van der Waals surface area contributed by atoms with E-state index in [1.807, 2.05) is 118 Å². The molecule has 0 amide bonds. The van der Waals surface area contributed by atoms with Gasteiger partial charge in [0.1, 0.15) is 11.5 Å². The highest BCUT2D eigenvalue weighted by Gasteiger charge is 2.24. The lowest BCUT2D eigenvalue weighted by Gasteiger charge is -2.28. The van der Waals surface area contributed by atoms with Gasteiger partial charge < -0.3 is 9.47 Å². The quantitative estimate of drug-likeness (QED) is 0.156. The first-order chi connectivity index (χ1) is 19.9. The van der Waals surface area contributed by atoms with Crippen molar-refractivity contribution in [3.05, 3.63) is 155 Å². The van der Waals surface area contributed by atoms with Gasteiger partial charge in [0.15, 0.2) is 17.3 Å². The van der Waals surface area contributed by atoms with Crippen LogP contribution in [0.5, 0.6) is 23.0 Å². The minimum absolute atomic E-state index is 0.0208. The Bertz CT molecular complexity index is 1520. The first-order valence-electron chi connectivity index (χ1n) is 13.9. The minimum Gasteiger partial charge on any atom is -0.453 e. The van der Waals surface area contributed by atoms with Gasteiger partial charge in [-0.15, -0.1) is 0 Å². The molecule has 1 atom stereocenters. The van der Waals surface area contributed by atoms with E-state index in [0.717, 1.165) is 22.3 Å². The molecule has 0 bridgehead atoms. The summed E-state index contributed by atoms with van der Waals surface area (Å²) in [5, 5.41) is 0. The van der Waals surface area contributed by atoms with Crippen molar-refractivity contribution in [2.24, 2.45) is 0 Å². The van der Waals surface area contributed by atoms with Gasteiger partial charge in [-0.3, -0.25) is 9.69 Å². The van der Waals surface area contributed by atoms with E-state index in [1.165, 1.54) is 0 Å². The maximum Gasteiger partial charge on any atom is 0.179 e. The van der Waals surface area contributed by atoms with Crippen LogP contribution in [0.4, 0.5) is 0 Å². The molecule has 0 spiro atoms. The fraction of sp³-hybridized carbons (Fsp3) is 0.162. The van der Waals surface area contributed by atoms with Gasteiger partial charge in [0.2, 0.25) is 0 Å². The normalized spacial score (nSPS) is 11.7. The number of ketones is 1. The van der Waals surface area contributed by atoms with Crippen LogP contribution in [0.15, 0.2) is 127 Å². The Morgan fingerprint density at radius 1 is 0.610 bits per heavy atom. The molecular formula is C37H35NO3. The number of ether oxygens (including phenoxy) is 2. The second-order valence-electron chi connectivity index (χ2n) is 10.4. The van der Waals surface area contributed by atoms with Crippen LogP contribution in [-0.2, 0) is 13.1 Å². The summed E-state index contributed by atoms with van der Waals surface area (Å²) in [6.45, 7) is 7.36. The van der Waals surface area contributed by atoms with Gasteiger partial charge >= 0.3 is 0 Å². The molecule has 0 aliphatic carbocycles. The van der Waals surface area contributed by atoms with E-state index in [4.69, 9.17) is 9.47 Å². The van der Waals surface area contributed by atoms with Crippen LogP contribution in [0.25, 0.3) is 0 Å². The highest BCUT2D eigenvalue weighted by atomic mass is 16.5. The topological polar surface area (TPSA) is 38.8 Å². The van der Waals surface area contributed by atoms with E-state index in [0.29, 0.717) is 41.7 Å². The maximum absolute atomic E-state index is 14.0. The van der Waals surface area contributed by atoms with Crippen LogP contribution in [-0.4, -0.2) is 16.7 Å². The van der Waals surface area contributed by atoms with E-state index >= 15 is 0 Å². The van der Waals surface area contributed by atoms with Crippen molar-refractivity contribution in [1.29, 1.82) is 0 Å². The van der Waals surface area contributed by atoms with E-state index in [-0.39, 0.29) is 11.8 Å². The zero-order valence-electron chi connectivity index (χ0n) is 23.8. The predicted molar refractivity (Wildman–Crippen MR) is 165 cm³/mol. The fourth-order valence-corrected chi connectivity index (χ4v) is 4.66. The second-order valence-corrected chi connectivity index (χ2v) is 10.4. The van der Waals surface area contributed by atoms with Crippen LogP contribution in [0, 0.1) is 13.8 Å². The molecule has 5 rings (SSSR count). The lowest BCUT2D eigenvalue weighted by atomic mass is 10.0. The molecule has 1 unspecified atom stereocenters. The number of rotatable bonds is 11. The summed E-state index contributed by atoms with van der Waals surface area (Å²) in [5.74, 6) is 2.44. The summed E-state index contributed by atoms with van der Waals surface area (Å²) >= 11 is 0. The molecule has 0 heterocycles. The van der Waals surface area contributed by atoms with E-state index in [9.17, 15) is 4.79 Å². The molecule has 0 N–H and O–H groups in total. The molecule has 0 aromatic heterocycles. The van der Waals surface area contributed by atoms with Gasteiger partial charge in [-0.1, -0.05) is 96.1 Å². The highest BCUT2D eigenvalue weighted by molar-refractivity contribution is 6.00. The Morgan fingerprint density at radius 3 is 1.56 bits per heavy atom. The van der Waals surface area contributed by atoms with Gasteiger partial charge in [0.05, 0.1) is 6.04 Å². The fourth-order valence-electron chi connectivity index (χ4n) is 4.66. The van der Waals surface area contributed by atoms with Crippen LogP contribution in [0.2, 0.25) is 0 Å². The molecule has 0 saturated carbocycles. The summed E-state index contributed by atoms with van der Waals surface area (Å²) in [5.41, 5.74) is 5.19. The summed E-state index contributed by atoms with van der Waals surface area (Å²) in [6.07, 6.45) is 0. The molecule has 0 aliphatic rings. The molecular weight excluding hydrogens is 506 g/mol. The van der Waals surface area contributed by atoms with Crippen molar-refractivity contribution in [1.82, 2.24) is 4.90 Å². The minimum atomic E-state index is -0.369. The molecule has 0 saturated heterocycles. The molecule has 5 aromatic rings. The summed E-state index contributed by atoms with van der Waals surface area (Å²) in [4.78, 5) is 16.2. The Labute approximate surface area is 242 Å². The highest BCUT2D eigenvalue weighted by Crippen LogP contribution is 2.36. The molecule has 4 nitrogen and oxygen atoms in total. The molecule has 4 heteroatoms. The first-order valence-corrected chi connectivity index (χ1v) is 13.9. The molecule has 206 valence electrons. The predicted octanol–water partition coefficient (Wildman–Crippen LogP) is 9.16. The Hall–Kier alpha value is -4.67. The number of nitrogens with zero attached hydrogens (tertiary/aromatic N) is 1. The Kier molecular flexibility index (Phi) is 8.92. The Morgan fingerprint density at radius 2 is 1.07 bits per heavy atom. The van der Waals surface area contributed by atoms with Crippen molar-refractivity contribution in [3.8, 4) is 23.0 Å². The van der Waals surface area contributed by atoms with Crippen LogP contribution in [0.3, 0.4) is 0 Å². The van der Waals surface area contributed by atoms with Crippen molar-refractivity contribution >= 4 is 5.78 Å². The molecule has 0 fully saturated rings. The van der Waals surface area contributed by atoms with Gasteiger partial charge in [0, 0.05) is 18.7 Å². The van der Waals surface area contributed by atoms with Crippen LogP contribution < -0.4 is 9.47 Å². The SMILES string of the molecule is Cc1ccc(Oc2ccc(C(=O)C(C)N(Cc3ccccc3)Cc3ccccc3)cc2Oc2ccc(C)cc2)cc1. The number of Topliss-reactive ketones (excluding diaryl/α,β-unsaturated/α-hetero) is 1. The summed E-state index contributed by atoms with van der Waals surface area (Å²) in [7, 11) is 0. The van der Waals surface area contributed by atoms with Crippen molar-refractivity contribution in [2.45, 2.75) is 39.9 Å². The van der Waals surface area contributed by atoms with Crippen LogP contribution >= 0.6 is 0 Å². The molecule has 0 aliphatic heterocycles. The summed E-state index contributed by atoms with van der Waals surface area (Å²) < 4.78 is 12.5. The lowest BCUT2D eigenvalue weighted by Crippen LogP contribution is -2.38. The number of hydrogen-bond donors (Lipinski definition) is 0. The zero-order valence-corrected chi connectivity index (χ0v) is 23.8. The number of carbonyl (C=O) groups is 1. The van der Waals surface area contributed by atoms with E-state index < -0.39 is 0 Å². The second kappa shape index (κ2) is 13.1. The van der Waals surface area contributed by atoms with Gasteiger partial charge in [-0.05, 0) is 74.4 Å². The third-order valence-corrected chi connectivity index (χ3v) is 7.11. The third kappa shape index (κ3) is 7.50. The maximum atomic E-state index is 14.0. The summed E-state index contributed by atoms with van der Waals surface area (Å²) in [6, 6.07) is 41.3. The van der Waals surface area contributed by atoms with Crippen molar-refractivity contribution in [2.75, 3.05) is 0 Å². The average Bonchev–Trinajstić information content (AvgIpc) is 3.00. The van der Waals surface area contributed by atoms with Gasteiger partial charge in [-0.25, -0.2) is 0 Å². The smallest absolute Gasteiger partial charge is 0.179 e. The molecule has 41 heavy (non-hydrogen) atoms. The number of aryl methyl sites for hydroxylation is 2. The standard InChI is InChI=1S/C37H35NO3/c1-27-14-19-33(20-15-27)40-35-23-18-32(24-36(35)41-34-21-16-28(2)17-22-34)37(39)29(3)38(25-30-10-6-4-7-11-30)26-31-12-8-5-9-13-31/h4-24,29H,25-26H2,1-3H3. The number of carbonyl (C=O) groups excluding carboxylic acids is 1. The van der Waals surface area contributed by atoms with Gasteiger partial charge in [-0.2, -0.15) is 0 Å². The average molecular weight is 542 g/mol. The zero-order chi connectivity index (χ0) is 28.6. The monoisotopic (exact) mass is 541 g/mol. The lowest BCUT2D eigenvalue weighted by molar-refractivity contribution is 0.0816. The molecule has 5 aromatic carbocycles. The molecule has 0 radical (unpaired) electrons. The third-order valence-electron chi connectivity index (χ3n) is 7.11. The Balaban J connectivity index is 1.45. The van der Waals surface area contributed by atoms with Gasteiger partial charge in [0.25, 0.3) is 0 Å². The first kappa shape index (κ1) is 27.9. The van der Waals surface area contributed by atoms with Crippen LogP contribution in [0.1, 0.15) is 39.5 Å². The number of hydrogen-bond acceptors (Lipinski definition) is 4. The van der Waals surface area contributed by atoms with E-state index in [2.05, 4.69) is 29.2 Å². The van der Waals surface area contributed by atoms with Crippen molar-refractivity contribution in [3.63, 3.8) is 0 Å². The largest absolute Gasteiger partial charge is 0.453 e. The van der Waals surface area contributed by atoms with Crippen molar-refractivity contribution < 1.29 is 14.3 Å². The number of benzene rings is 5. The van der Waals surface area contributed by atoms with E-state index in [1.54, 1.807) is 6.07 Å².